The molecule has 1 aromatic rings. The van der Waals surface area contributed by atoms with Gasteiger partial charge in [0.05, 0.1) is 12.1 Å². The summed E-state index contributed by atoms with van der Waals surface area (Å²) in [6, 6.07) is 5.07. The fourth-order valence-electron chi connectivity index (χ4n) is 1.49. The first kappa shape index (κ1) is 11.2. The lowest BCUT2D eigenvalue weighted by Gasteiger charge is -2.12. The van der Waals surface area contributed by atoms with E-state index in [2.05, 4.69) is 5.32 Å². The van der Waals surface area contributed by atoms with Gasteiger partial charge in [-0.05, 0) is 29.9 Å². The molecule has 2 rings (SSSR count). The summed E-state index contributed by atoms with van der Waals surface area (Å²) in [6.45, 7) is 0.403. The number of benzene rings is 1. The van der Waals surface area contributed by atoms with Crippen LogP contribution in [0.25, 0.3) is 0 Å². The molecule has 1 aromatic carbocycles. The van der Waals surface area contributed by atoms with E-state index in [-0.39, 0.29) is 5.17 Å². The van der Waals surface area contributed by atoms with E-state index in [0.29, 0.717) is 12.1 Å². The summed E-state index contributed by atoms with van der Waals surface area (Å²) in [6.07, 6.45) is -4.77. The van der Waals surface area contributed by atoms with Gasteiger partial charge in [-0.25, -0.2) is 0 Å². The molecule has 2 nitrogen and oxygen atoms in total. The molecule has 0 saturated carbocycles. The SMILES string of the molecule is FC(F)(F)c1cccc(C2CNC(=S)O2)c1. The van der Waals surface area contributed by atoms with Gasteiger partial charge in [-0.3, -0.25) is 0 Å². The second-order valence-corrected chi connectivity index (χ2v) is 3.77. The summed E-state index contributed by atoms with van der Waals surface area (Å²) in [4.78, 5) is 0. The van der Waals surface area contributed by atoms with Crippen molar-refractivity contribution in [2.45, 2.75) is 12.3 Å². The first-order valence-corrected chi connectivity index (χ1v) is 4.99. The molecule has 6 heteroatoms. The molecule has 1 fully saturated rings. The largest absolute Gasteiger partial charge is 0.461 e. The van der Waals surface area contributed by atoms with Crippen LogP contribution in [0.1, 0.15) is 17.2 Å². The first-order chi connectivity index (χ1) is 7.47. The van der Waals surface area contributed by atoms with E-state index in [1.54, 1.807) is 6.07 Å². The van der Waals surface area contributed by atoms with E-state index >= 15 is 0 Å². The molecule has 0 aromatic heterocycles. The lowest BCUT2D eigenvalue weighted by Crippen LogP contribution is -2.12. The lowest BCUT2D eigenvalue weighted by atomic mass is 10.1. The summed E-state index contributed by atoms with van der Waals surface area (Å²) >= 11 is 4.75. The smallest absolute Gasteiger partial charge is 0.416 e. The Hall–Kier alpha value is -1.30. The van der Waals surface area contributed by atoms with Crippen LogP contribution in [0, 0.1) is 0 Å². The quantitative estimate of drug-likeness (QED) is 0.771. The molecule has 86 valence electrons. The van der Waals surface area contributed by atoms with Crippen molar-refractivity contribution in [3.63, 3.8) is 0 Å². The van der Waals surface area contributed by atoms with Gasteiger partial charge in [0.2, 0.25) is 0 Å². The molecular formula is C10H8F3NOS. The highest BCUT2D eigenvalue weighted by atomic mass is 32.1. The number of thiocarbonyl (C=S) groups is 1. The molecule has 1 heterocycles. The standard InChI is InChI=1S/C10H8F3NOS/c11-10(12,13)7-3-1-2-6(4-7)8-5-14-9(16)15-8/h1-4,8H,5H2,(H,14,16). The minimum atomic E-state index is -4.33. The maximum Gasteiger partial charge on any atom is 0.416 e. The molecule has 1 aliphatic rings. The maximum atomic E-state index is 12.4. The van der Waals surface area contributed by atoms with Gasteiger partial charge >= 0.3 is 6.18 Å². The van der Waals surface area contributed by atoms with Crippen molar-refractivity contribution in [2.24, 2.45) is 0 Å². The zero-order valence-corrected chi connectivity index (χ0v) is 8.86. The Kier molecular flexibility index (Phi) is 2.75. The van der Waals surface area contributed by atoms with Crippen molar-refractivity contribution < 1.29 is 17.9 Å². The molecule has 0 amide bonds. The average molecular weight is 247 g/mol. The fourth-order valence-corrected chi connectivity index (χ4v) is 1.69. The van der Waals surface area contributed by atoms with Gasteiger partial charge in [0.25, 0.3) is 5.17 Å². The molecule has 1 atom stereocenters. The third kappa shape index (κ3) is 2.27. The van der Waals surface area contributed by atoms with E-state index in [1.165, 1.54) is 6.07 Å². The Morgan fingerprint density at radius 2 is 2.12 bits per heavy atom. The van der Waals surface area contributed by atoms with Crippen LogP contribution in [0.15, 0.2) is 24.3 Å². The number of alkyl halides is 3. The number of hydrogen-bond donors (Lipinski definition) is 1. The van der Waals surface area contributed by atoms with Crippen molar-refractivity contribution in [1.29, 1.82) is 0 Å². The highest BCUT2D eigenvalue weighted by Gasteiger charge is 2.31. The summed E-state index contributed by atoms with van der Waals surface area (Å²) < 4.78 is 42.5. The Morgan fingerprint density at radius 3 is 2.69 bits per heavy atom. The first-order valence-electron chi connectivity index (χ1n) is 4.58. The van der Waals surface area contributed by atoms with Crippen molar-refractivity contribution >= 4 is 17.4 Å². The van der Waals surface area contributed by atoms with Crippen LogP contribution in [-0.2, 0) is 10.9 Å². The van der Waals surface area contributed by atoms with E-state index < -0.39 is 17.8 Å². The molecule has 1 N–H and O–H groups in total. The number of halogens is 3. The fraction of sp³-hybridized carbons (Fsp3) is 0.300. The van der Waals surface area contributed by atoms with Crippen molar-refractivity contribution in [3.8, 4) is 0 Å². The van der Waals surface area contributed by atoms with Gasteiger partial charge in [0.1, 0.15) is 6.10 Å². The van der Waals surface area contributed by atoms with Crippen LogP contribution < -0.4 is 5.32 Å². The Labute approximate surface area is 95.4 Å². The van der Waals surface area contributed by atoms with E-state index in [1.807, 2.05) is 0 Å². The number of hydrogen-bond acceptors (Lipinski definition) is 2. The van der Waals surface area contributed by atoms with Gasteiger partial charge < -0.3 is 10.1 Å². The molecule has 1 aliphatic heterocycles. The molecular weight excluding hydrogens is 239 g/mol. The van der Waals surface area contributed by atoms with Gasteiger partial charge in [0.15, 0.2) is 0 Å². The van der Waals surface area contributed by atoms with Crippen LogP contribution >= 0.6 is 12.2 Å². The molecule has 0 radical (unpaired) electrons. The zero-order valence-electron chi connectivity index (χ0n) is 8.04. The Bertz CT molecular complexity index is 419. The van der Waals surface area contributed by atoms with Gasteiger partial charge in [-0.2, -0.15) is 13.2 Å². The molecule has 1 unspecified atom stereocenters. The van der Waals surface area contributed by atoms with E-state index in [0.717, 1.165) is 12.1 Å². The van der Waals surface area contributed by atoms with Crippen LogP contribution in [0.5, 0.6) is 0 Å². The molecule has 0 aliphatic carbocycles. The predicted molar refractivity (Wildman–Crippen MR) is 55.9 cm³/mol. The van der Waals surface area contributed by atoms with E-state index in [9.17, 15) is 13.2 Å². The summed E-state index contributed by atoms with van der Waals surface area (Å²) in [7, 11) is 0. The van der Waals surface area contributed by atoms with Gasteiger partial charge in [0, 0.05) is 0 Å². The Balaban J connectivity index is 2.26. The third-order valence-electron chi connectivity index (χ3n) is 2.27. The summed E-state index contributed by atoms with van der Waals surface area (Å²) in [5.74, 6) is 0. The normalized spacial score (nSPS) is 20.4. The highest BCUT2D eigenvalue weighted by molar-refractivity contribution is 7.80. The molecule has 16 heavy (non-hydrogen) atoms. The van der Waals surface area contributed by atoms with E-state index in [4.69, 9.17) is 17.0 Å². The average Bonchev–Trinajstić information content (AvgIpc) is 2.64. The predicted octanol–water partition coefficient (Wildman–Crippen LogP) is 2.65. The molecule has 1 saturated heterocycles. The Morgan fingerprint density at radius 1 is 1.38 bits per heavy atom. The van der Waals surface area contributed by atoms with Crippen LogP contribution in [0.4, 0.5) is 13.2 Å². The van der Waals surface area contributed by atoms with Crippen LogP contribution in [0.2, 0.25) is 0 Å². The van der Waals surface area contributed by atoms with Gasteiger partial charge in [-0.1, -0.05) is 12.1 Å². The minimum absolute atomic E-state index is 0.224. The van der Waals surface area contributed by atoms with Crippen LogP contribution in [0.3, 0.4) is 0 Å². The minimum Gasteiger partial charge on any atom is -0.461 e. The number of rotatable bonds is 1. The molecule has 0 spiro atoms. The second-order valence-electron chi connectivity index (χ2n) is 3.40. The summed E-state index contributed by atoms with van der Waals surface area (Å²) in [5, 5.41) is 2.98. The maximum absolute atomic E-state index is 12.4. The molecule has 0 bridgehead atoms. The number of ether oxygens (including phenoxy) is 1. The van der Waals surface area contributed by atoms with Crippen LogP contribution in [-0.4, -0.2) is 11.7 Å². The lowest BCUT2D eigenvalue weighted by molar-refractivity contribution is -0.137. The highest BCUT2D eigenvalue weighted by Crippen LogP contribution is 2.31. The van der Waals surface area contributed by atoms with Crippen molar-refractivity contribution in [2.75, 3.05) is 6.54 Å². The monoisotopic (exact) mass is 247 g/mol. The summed E-state index contributed by atoms with van der Waals surface area (Å²) in [5.41, 5.74) is -0.200. The van der Waals surface area contributed by atoms with Crippen molar-refractivity contribution in [3.05, 3.63) is 35.4 Å². The zero-order chi connectivity index (χ0) is 11.8. The van der Waals surface area contributed by atoms with Crippen molar-refractivity contribution in [1.82, 2.24) is 5.32 Å². The second kappa shape index (κ2) is 3.93. The third-order valence-corrected chi connectivity index (χ3v) is 2.51. The number of nitrogens with one attached hydrogen (secondary N) is 1. The van der Waals surface area contributed by atoms with Gasteiger partial charge in [-0.15, -0.1) is 0 Å². The topological polar surface area (TPSA) is 21.3 Å².